The van der Waals surface area contributed by atoms with Crippen LogP contribution in [-0.2, 0) is 6.54 Å². The zero-order chi connectivity index (χ0) is 14.5. The number of nitrogens with zero attached hydrogens (tertiary/aromatic N) is 2. The first-order chi connectivity index (χ1) is 9.61. The fourth-order valence-corrected chi connectivity index (χ4v) is 2.54. The second-order valence-electron chi connectivity index (χ2n) is 6.09. The molecule has 1 heterocycles. The van der Waals surface area contributed by atoms with Crippen molar-refractivity contribution in [3.05, 3.63) is 22.8 Å². The Kier molecular flexibility index (Phi) is 5.67. The highest BCUT2D eigenvalue weighted by molar-refractivity contribution is 6.31. The molecule has 0 unspecified atom stereocenters. The minimum absolute atomic E-state index is 0.648. The van der Waals surface area contributed by atoms with Crippen LogP contribution >= 0.6 is 11.6 Å². The minimum atomic E-state index is 0.648. The van der Waals surface area contributed by atoms with Crippen molar-refractivity contribution in [2.45, 2.75) is 52.6 Å². The fraction of sp³-hybridized carbons (Fsp3) is 0.688. The van der Waals surface area contributed by atoms with Crippen LogP contribution in [0.15, 0.2) is 12.3 Å². The van der Waals surface area contributed by atoms with E-state index in [4.69, 9.17) is 11.6 Å². The van der Waals surface area contributed by atoms with Crippen LogP contribution in [0.3, 0.4) is 0 Å². The van der Waals surface area contributed by atoms with Gasteiger partial charge in [-0.05, 0) is 43.4 Å². The maximum absolute atomic E-state index is 6.26. The normalized spacial score (nSPS) is 14.8. The van der Waals surface area contributed by atoms with Gasteiger partial charge in [-0.25, -0.2) is 4.98 Å². The summed E-state index contributed by atoms with van der Waals surface area (Å²) < 4.78 is 0. The number of halogens is 1. The molecule has 4 heteroatoms. The molecule has 3 nitrogen and oxygen atoms in total. The molecule has 1 aromatic rings. The Bertz CT molecular complexity index is 430. The van der Waals surface area contributed by atoms with Crippen LogP contribution < -0.4 is 10.2 Å². The van der Waals surface area contributed by atoms with Gasteiger partial charge in [-0.15, -0.1) is 0 Å². The van der Waals surface area contributed by atoms with Gasteiger partial charge in [-0.1, -0.05) is 32.4 Å². The number of anilines is 1. The van der Waals surface area contributed by atoms with Crippen molar-refractivity contribution >= 4 is 17.4 Å². The summed E-state index contributed by atoms with van der Waals surface area (Å²) in [7, 11) is 0. The quantitative estimate of drug-likeness (QED) is 0.738. The van der Waals surface area contributed by atoms with Crippen LogP contribution in [0.25, 0.3) is 0 Å². The third-order valence-corrected chi connectivity index (χ3v) is 3.85. The van der Waals surface area contributed by atoms with Crippen LogP contribution in [0.2, 0.25) is 5.02 Å². The highest BCUT2D eigenvalue weighted by Crippen LogP contribution is 2.32. The van der Waals surface area contributed by atoms with Crippen molar-refractivity contribution < 1.29 is 0 Å². The number of pyridine rings is 1. The second kappa shape index (κ2) is 7.28. The first kappa shape index (κ1) is 15.6. The molecule has 112 valence electrons. The molecule has 1 N–H and O–H groups in total. The summed E-state index contributed by atoms with van der Waals surface area (Å²) in [5.41, 5.74) is 1.15. The highest BCUT2D eigenvalue weighted by Gasteiger charge is 2.30. The van der Waals surface area contributed by atoms with Crippen molar-refractivity contribution in [3.63, 3.8) is 0 Å². The lowest BCUT2D eigenvalue weighted by atomic mass is 10.2. The van der Waals surface area contributed by atoms with E-state index in [-0.39, 0.29) is 0 Å². The smallest absolute Gasteiger partial charge is 0.129 e. The lowest BCUT2D eigenvalue weighted by Crippen LogP contribution is -2.30. The van der Waals surface area contributed by atoms with E-state index in [1.54, 1.807) is 6.20 Å². The average Bonchev–Trinajstić information content (AvgIpc) is 3.23. The fourth-order valence-electron chi connectivity index (χ4n) is 2.37. The third-order valence-electron chi connectivity index (χ3n) is 3.51. The molecule has 2 rings (SSSR count). The van der Waals surface area contributed by atoms with Gasteiger partial charge in [0.05, 0.1) is 5.02 Å². The van der Waals surface area contributed by atoms with Gasteiger partial charge >= 0.3 is 0 Å². The minimum Gasteiger partial charge on any atom is -0.353 e. The Balaban J connectivity index is 2.11. The summed E-state index contributed by atoms with van der Waals surface area (Å²) in [6.45, 7) is 9.60. The molecule has 1 fully saturated rings. The van der Waals surface area contributed by atoms with Gasteiger partial charge < -0.3 is 10.2 Å². The zero-order valence-electron chi connectivity index (χ0n) is 12.8. The molecule has 0 amide bonds. The summed E-state index contributed by atoms with van der Waals surface area (Å²) in [6.07, 6.45) is 5.52. The molecule has 0 saturated heterocycles. The lowest BCUT2D eigenvalue weighted by molar-refractivity contribution is 0.602. The van der Waals surface area contributed by atoms with Gasteiger partial charge in [0, 0.05) is 25.3 Å². The van der Waals surface area contributed by atoms with Crippen molar-refractivity contribution in [2.75, 3.05) is 18.0 Å². The Hall–Kier alpha value is -0.800. The molecule has 0 radical (unpaired) electrons. The van der Waals surface area contributed by atoms with E-state index in [9.17, 15) is 0 Å². The van der Waals surface area contributed by atoms with Crippen LogP contribution in [0.5, 0.6) is 0 Å². The summed E-state index contributed by atoms with van der Waals surface area (Å²) in [5.74, 6) is 1.73. The molecule has 0 spiro atoms. The number of aromatic nitrogens is 1. The Labute approximate surface area is 127 Å². The third kappa shape index (κ3) is 4.35. The van der Waals surface area contributed by atoms with E-state index in [0.717, 1.165) is 42.5 Å². The molecule has 1 aromatic heterocycles. The monoisotopic (exact) mass is 295 g/mol. The van der Waals surface area contributed by atoms with Gasteiger partial charge in [-0.2, -0.15) is 0 Å². The zero-order valence-corrected chi connectivity index (χ0v) is 13.6. The summed E-state index contributed by atoms with van der Waals surface area (Å²) in [5, 5.41) is 4.17. The van der Waals surface area contributed by atoms with Gasteiger partial charge in [-0.3, -0.25) is 0 Å². The topological polar surface area (TPSA) is 28.2 Å². The Morgan fingerprint density at radius 1 is 1.45 bits per heavy atom. The van der Waals surface area contributed by atoms with E-state index in [1.165, 1.54) is 12.8 Å². The summed E-state index contributed by atoms with van der Waals surface area (Å²) in [6, 6.07) is 2.84. The largest absolute Gasteiger partial charge is 0.353 e. The maximum atomic E-state index is 6.26. The number of hydrogen-bond donors (Lipinski definition) is 1. The van der Waals surface area contributed by atoms with Crippen molar-refractivity contribution in [2.24, 2.45) is 5.92 Å². The molecule has 1 saturated carbocycles. The molecular weight excluding hydrogens is 270 g/mol. The van der Waals surface area contributed by atoms with Crippen LogP contribution in [0.1, 0.15) is 45.6 Å². The number of nitrogens with one attached hydrogen (secondary N) is 1. The Morgan fingerprint density at radius 3 is 2.80 bits per heavy atom. The van der Waals surface area contributed by atoms with Gasteiger partial charge in [0.15, 0.2) is 0 Å². The maximum Gasteiger partial charge on any atom is 0.129 e. The van der Waals surface area contributed by atoms with Gasteiger partial charge in [0.25, 0.3) is 0 Å². The van der Waals surface area contributed by atoms with Crippen LogP contribution in [0.4, 0.5) is 5.82 Å². The van der Waals surface area contributed by atoms with E-state index >= 15 is 0 Å². The molecule has 0 aromatic carbocycles. The average molecular weight is 296 g/mol. The van der Waals surface area contributed by atoms with Crippen molar-refractivity contribution in [1.29, 1.82) is 0 Å². The first-order valence-electron chi connectivity index (χ1n) is 7.73. The summed E-state index contributed by atoms with van der Waals surface area (Å²) in [4.78, 5) is 7.00. The predicted molar refractivity (Wildman–Crippen MR) is 86.5 cm³/mol. The van der Waals surface area contributed by atoms with E-state index in [2.05, 4.69) is 42.0 Å². The highest BCUT2D eigenvalue weighted by atomic mass is 35.5. The van der Waals surface area contributed by atoms with E-state index in [1.807, 2.05) is 0 Å². The van der Waals surface area contributed by atoms with Crippen LogP contribution in [-0.4, -0.2) is 24.1 Å². The predicted octanol–water partition coefficient (Wildman–Crippen LogP) is 3.86. The lowest BCUT2D eigenvalue weighted by Gasteiger charge is -2.26. The number of rotatable bonds is 8. The summed E-state index contributed by atoms with van der Waals surface area (Å²) >= 11 is 6.26. The van der Waals surface area contributed by atoms with Gasteiger partial charge in [0.2, 0.25) is 0 Å². The second-order valence-corrected chi connectivity index (χ2v) is 6.50. The van der Waals surface area contributed by atoms with Crippen molar-refractivity contribution in [3.8, 4) is 0 Å². The van der Waals surface area contributed by atoms with E-state index in [0.29, 0.717) is 12.0 Å². The molecule has 1 aliphatic carbocycles. The van der Waals surface area contributed by atoms with Gasteiger partial charge in [0.1, 0.15) is 5.82 Å². The molecule has 0 aliphatic heterocycles. The number of hydrogen-bond acceptors (Lipinski definition) is 3. The molecule has 20 heavy (non-hydrogen) atoms. The van der Waals surface area contributed by atoms with E-state index < -0.39 is 0 Å². The first-order valence-corrected chi connectivity index (χ1v) is 8.11. The standard InChI is InChI=1S/C16H26ClN3/c1-4-7-18-9-13-8-16(19-10-15(13)17)20(11-12(2)3)14-5-6-14/h8,10,12,14,18H,4-7,9,11H2,1-3H3. The molecule has 1 aliphatic rings. The molecule has 0 bridgehead atoms. The molecule has 0 atom stereocenters. The Morgan fingerprint density at radius 2 is 2.20 bits per heavy atom. The molecular formula is C16H26ClN3. The SMILES string of the molecule is CCCNCc1cc(N(CC(C)C)C2CC2)ncc1Cl. The van der Waals surface area contributed by atoms with Crippen molar-refractivity contribution in [1.82, 2.24) is 10.3 Å². The van der Waals surface area contributed by atoms with Crippen LogP contribution in [0, 0.1) is 5.92 Å².